The van der Waals surface area contributed by atoms with Crippen LogP contribution in [0.1, 0.15) is 32.7 Å². The first-order valence-electron chi connectivity index (χ1n) is 9.50. The Balaban J connectivity index is 1.64. The van der Waals surface area contributed by atoms with Crippen molar-refractivity contribution in [2.24, 2.45) is 0 Å². The first-order valence-corrected chi connectivity index (χ1v) is 9.50. The number of aromatic nitrogens is 6. The quantitative estimate of drug-likeness (QED) is 0.480. The average Bonchev–Trinajstić information content (AvgIpc) is 3.49. The van der Waals surface area contributed by atoms with E-state index in [-0.39, 0.29) is 29.2 Å². The fourth-order valence-corrected chi connectivity index (χ4v) is 3.17. The molecular formula is C21H12F3N9O. The van der Waals surface area contributed by atoms with E-state index in [0.29, 0.717) is 10.2 Å². The highest BCUT2D eigenvalue weighted by molar-refractivity contribution is 6.05. The fourth-order valence-electron chi connectivity index (χ4n) is 3.17. The molecule has 0 aliphatic rings. The van der Waals surface area contributed by atoms with Crippen molar-refractivity contribution in [3.63, 3.8) is 0 Å². The van der Waals surface area contributed by atoms with Crippen molar-refractivity contribution in [1.29, 1.82) is 10.5 Å². The second-order valence-corrected chi connectivity index (χ2v) is 6.85. The monoisotopic (exact) mass is 463 g/mol. The molecule has 1 aromatic carbocycles. The second-order valence-electron chi connectivity index (χ2n) is 6.85. The molecule has 0 bridgehead atoms. The maximum Gasteiger partial charge on any atom is 0.433 e. The predicted octanol–water partition coefficient (Wildman–Crippen LogP) is 2.92. The summed E-state index contributed by atoms with van der Waals surface area (Å²) in [5.74, 6) is -0.992. The minimum Gasteiger partial charge on any atom is -0.320 e. The molecule has 0 saturated carbocycles. The first kappa shape index (κ1) is 22.2. The van der Waals surface area contributed by atoms with Gasteiger partial charge in [0, 0.05) is 0 Å². The molecule has 3 heterocycles. The van der Waals surface area contributed by atoms with E-state index in [0.717, 1.165) is 11.0 Å². The Morgan fingerprint density at radius 3 is 2.50 bits per heavy atom. The average molecular weight is 463 g/mol. The minimum atomic E-state index is -4.89. The van der Waals surface area contributed by atoms with Crippen molar-refractivity contribution >= 4 is 11.6 Å². The number of alkyl halides is 3. The maximum absolute atomic E-state index is 13.9. The first-order chi connectivity index (χ1) is 16.3. The van der Waals surface area contributed by atoms with E-state index < -0.39 is 23.3 Å². The molecule has 3 aromatic heterocycles. The van der Waals surface area contributed by atoms with E-state index in [4.69, 9.17) is 5.26 Å². The number of hydrogen-bond acceptors (Lipinski definition) is 7. The van der Waals surface area contributed by atoms with Gasteiger partial charge >= 0.3 is 6.18 Å². The lowest BCUT2D eigenvalue weighted by Gasteiger charge is -2.13. The van der Waals surface area contributed by atoms with Gasteiger partial charge in [0.2, 0.25) is 0 Å². The third-order valence-corrected chi connectivity index (χ3v) is 4.59. The van der Waals surface area contributed by atoms with E-state index in [1.165, 1.54) is 36.8 Å². The predicted molar refractivity (Wildman–Crippen MR) is 109 cm³/mol. The number of rotatable bonds is 5. The molecule has 13 heteroatoms. The van der Waals surface area contributed by atoms with Crippen molar-refractivity contribution < 1.29 is 18.0 Å². The number of pyridine rings is 1. The van der Waals surface area contributed by atoms with E-state index in [1.807, 2.05) is 12.1 Å². The van der Waals surface area contributed by atoms with Crippen LogP contribution >= 0.6 is 0 Å². The number of amides is 1. The Kier molecular flexibility index (Phi) is 5.76. The standard InChI is InChI=1S/C21H12F3N9O/c22-21(23,24)18-17(11-30-32(18)12-14-3-1-2-13(6-14)8-25)20(34)31-16-7-15(9-26)19(27-10-16)33-28-4-5-29-33/h1-7,10-11H,12H2,(H,31,34). The van der Waals surface area contributed by atoms with Crippen LogP contribution in [-0.4, -0.2) is 35.7 Å². The number of carbonyl (C=O) groups excluding carboxylic acids is 1. The molecule has 0 atom stereocenters. The lowest BCUT2D eigenvalue weighted by molar-refractivity contribution is -0.144. The van der Waals surface area contributed by atoms with Gasteiger partial charge < -0.3 is 5.32 Å². The summed E-state index contributed by atoms with van der Waals surface area (Å²) in [5, 5.41) is 32.2. The minimum absolute atomic E-state index is 0.0000481. The number of halogens is 3. The second kappa shape index (κ2) is 8.84. The topological polar surface area (TPSA) is 138 Å². The summed E-state index contributed by atoms with van der Waals surface area (Å²) >= 11 is 0. The number of nitrogens with one attached hydrogen (secondary N) is 1. The van der Waals surface area contributed by atoms with Crippen LogP contribution in [0.25, 0.3) is 5.82 Å². The summed E-state index contributed by atoms with van der Waals surface area (Å²) in [6.07, 6.45) is -0.145. The molecule has 4 rings (SSSR count). The van der Waals surface area contributed by atoms with Gasteiger partial charge in [0.1, 0.15) is 11.6 Å². The highest BCUT2D eigenvalue weighted by Gasteiger charge is 2.40. The zero-order chi connectivity index (χ0) is 24.3. The van der Waals surface area contributed by atoms with Crippen LogP contribution < -0.4 is 5.32 Å². The van der Waals surface area contributed by atoms with Crippen LogP contribution in [0, 0.1) is 22.7 Å². The zero-order valence-electron chi connectivity index (χ0n) is 17.0. The highest BCUT2D eigenvalue weighted by Crippen LogP contribution is 2.33. The number of nitriles is 2. The van der Waals surface area contributed by atoms with Crippen LogP contribution in [0.3, 0.4) is 0 Å². The van der Waals surface area contributed by atoms with Crippen LogP contribution in [0.2, 0.25) is 0 Å². The van der Waals surface area contributed by atoms with Crippen LogP contribution in [0.15, 0.2) is 55.1 Å². The van der Waals surface area contributed by atoms with Crippen LogP contribution in [-0.2, 0) is 12.7 Å². The van der Waals surface area contributed by atoms with Gasteiger partial charge in [0.15, 0.2) is 11.5 Å². The highest BCUT2D eigenvalue weighted by atomic mass is 19.4. The molecule has 1 N–H and O–H groups in total. The van der Waals surface area contributed by atoms with Crippen molar-refractivity contribution in [2.45, 2.75) is 12.7 Å². The van der Waals surface area contributed by atoms with Crippen molar-refractivity contribution in [1.82, 2.24) is 29.8 Å². The molecule has 0 fully saturated rings. The Morgan fingerprint density at radius 2 is 1.82 bits per heavy atom. The smallest absolute Gasteiger partial charge is 0.320 e. The van der Waals surface area contributed by atoms with E-state index in [1.54, 1.807) is 12.1 Å². The van der Waals surface area contributed by atoms with Gasteiger partial charge in [-0.25, -0.2) is 4.98 Å². The Bertz CT molecular complexity index is 1440. The lowest BCUT2D eigenvalue weighted by atomic mass is 10.1. The summed E-state index contributed by atoms with van der Waals surface area (Å²) in [6, 6.07) is 11.1. The largest absolute Gasteiger partial charge is 0.433 e. The molecular weight excluding hydrogens is 451 g/mol. The van der Waals surface area contributed by atoms with Gasteiger partial charge in [-0.1, -0.05) is 12.1 Å². The number of anilines is 1. The molecule has 0 aliphatic carbocycles. The van der Waals surface area contributed by atoms with Crippen molar-refractivity contribution in [3.8, 4) is 18.0 Å². The molecule has 0 saturated heterocycles. The van der Waals surface area contributed by atoms with E-state index >= 15 is 0 Å². The van der Waals surface area contributed by atoms with Gasteiger partial charge in [0.25, 0.3) is 5.91 Å². The summed E-state index contributed by atoms with van der Waals surface area (Å²) in [6.45, 7) is -0.302. The molecule has 0 radical (unpaired) electrons. The van der Waals surface area contributed by atoms with Gasteiger partial charge in [0.05, 0.1) is 54.2 Å². The van der Waals surface area contributed by atoms with Crippen LogP contribution in [0.5, 0.6) is 0 Å². The lowest BCUT2D eigenvalue weighted by Crippen LogP contribution is -2.22. The summed E-state index contributed by atoms with van der Waals surface area (Å²) in [7, 11) is 0. The summed E-state index contributed by atoms with van der Waals surface area (Å²) < 4.78 is 42.2. The Morgan fingerprint density at radius 1 is 1.06 bits per heavy atom. The number of carbonyl (C=O) groups is 1. The van der Waals surface area contributed by atoms with Gasteiger partial charge in [-0.3, -0.25) is 9.48 Å². The summed E-state index contributed by atoms with van der Waals surface area (Å²) in [5.41, 5.74) is -1.27. The Hall–Kier alpha value is -5.04. The molecule has 0 spiro atoms. The SMILES string of the molecule is N#Cc1cccc(Cn2ncc(C(=O)Nc3cnc(-n4nccn4)c(C#N)c3)c2C(F)(F)F)c1. The van der Waals surface area contributed by atoms with Crippen LogP contribution in [0.4, 0.5) is 18.9 Å². The summed E-state index contributed by atoms with van der Waals surface area (Å²) in [4.78, 5) is 17.8. The van der Waals surface area contributed by atoms with Gasteiger partial charge in [-0.15, -0.1) is 4.80 Å². The molecule has 0 aliphatic heterocycles. The maximum atomic E-state index is 13.9. The van der Waals surface area contributed by atoms with Crippen molar-refractivity contribution in [2.75, 3.05) is 5.32 Å². The Labute approximate surface area is 189 Å². The molecule has 4 aromatic rings. The fraction of sp³-hybridized carbons (Fsp3) is 0.0952. The van der Waals surface area contributed by atoms with E-state index in [9.17, 15) is 23.2 Å². The molecule has 1 amide bonds. The number of benzene rings is 1. The molecule has 0 unspecified atom stereocenters. The third-order valence-electron chi connectivity index (χ3n) is 4.59. The van der Waals surface area contributed by atoms with Gasteiger partial charge in [-0.05, 0) is 23.8 Å². The molecule has 168 valence electrons. The normalized spacial score (nSPS) is 11.0. The third kappa shape index (κ3) is 4.44. The number of nitrogens with zero attached hydrogens (tertiary/aromatic N) is 8. The number of hydrogen-bond donors (Lipinski definition) is 1. The van der Waals surface area contributed by atoms with Gasteiger partial charge in [-0.2, -0.15) is 39.0 Å². The molecule has 10 nitrogen and oxygen atoms in total. The van der Waals surface area contributed by atoms with E-state index in [2.05, 4.69) is 25.6 Å². The molecule has 34 heavy (non-hydrogen) atoms. The van der Waals surface area contributed by atoms with Crippen molar-refractivity contribution in [3.05, 3.63) is 83.1 Å². The zero-order valence-corrected chi connectivity index (χ0v) is 17.0.